The van der Waals surface area contributed by atoms with Gasteiger partial charge in [0.2, 0.25) is 0 Å². The third kappa shape index (κ3) is 10.4. The summed E-state index contributed by atoms with van der Waals surface area (Å²) >= 11 is 4.19. The summed E-state index contributed by atoms with van der Waals surface area (Å²) in [6, 6.07) is 17.6. The summed E-state index contributed by atoms with van der Waals surface area (Å²) in [6.45, 7) is 9.52. The number of benzene rings is 2. The Morgan fingerprint density at radius 1 is 1.04 bits per heavy atom. The Morgan fingerprint density at radius 3 is 2.12 bits per heavy atom. The van der Waals surface area contributed by atoms with Crippen LogP contribution in [-0.4, -0.2) is 18.0 Å². The third-order valence-electron chi connectivity index (χ3n) is 3.04. The molecule has 0 aliphatic carbocycles. The summed E-state index contributed by atoms with van der Waals surface area (Å²) in [5, 5.41) is 0. The Labute approximate surface area is 156 Å². The lowest BCUT2D eigenvalue weighted by molar-refractivity contribution is -0.123. The van der Waals surface area contributed by atoms with Crippen molar-refractivity contribution >= 4 is 30.6 Å². The first-order valence-corrected chi connectivity index (χ1v) is 8.56. The van der Waals surface area contributed by atoms with E-state index in [1.165, 1.54) is 5.56 Å². The van der Waals surface area contributed by atoms with Crippen molar-refractivity contribution in [2.75, 3.05) is 6.61 Å². The second kappa shape index (κ2) is 10.7. The van der Waals surface area contributed by atoms with Gasteiger partial charge in [-0.1, -0.05) is 61.2 Å². The normalized spacial score (nSPS) is 10.9. The van der Waals surface area contributed by atoms with E-state index in [-0.39, 0.29) is 18.0 Å². The quantitative estimate of drug-likeness (QED) is 0.550. The van der Waals surface area contributed by atoms with Gasteiger partial charge in [0.05, 0.1) is 5.60 Å². The van der Waals surface area contributed by atoms with Crippen LogP contribution in [0.5, 0.6) is 0 Å². The van der Waals surface area contributed by atoms with Crippen LogP contribution in [0.15, 0.2) is 72.1 Å². The van der Waals surface area contributed by atoms with Gasteiger partial charge < -0.3 is 4.74 Å². The van der Waals surface area contributed by atoms with Gasteiger partial charge in [-0.3, -0.25) is 4.79 Å². The highest BCUT2D eigenvalue weighted by Gasteiger charge is 2.11. The fourth-order valence-electron chi connectivity index (χ4n) is 1.70. The van der Waals surface area contributed by atoms with Crippen LogP contribution in [0.2, 0.25) is 0 Å². The number of thiol groups is 1. The standard InChI is InChI=1S/C14H18O2S.C8H8/c1-14(2,3)16-10-12(15)7-4-11-5-8-13(17)9-6-11;1-2-8-6-4-3-5-7-8/h4-9,17H,10H2,1-3H3;2-7H,1H2/b7-4+;. The summed E-state index contributed by atoms with van der Waals surface area (Å²) < 4.78 is 5.39. The molecule has 0 N–H and O–H groups in total. The van der Waals surface area contributed by atoms with Crippen LogP contribution < -0.4 is 0 Å². The van der Waals surface area contributed by atoms with Crippen molar-refractivity contribution in [2.24, 2.45) is 0 Å². The minimum absolute atomic E-state index is 0.0325. The summed E-state index contributed by atoms with van der Waals surface area (Å²) in [5.41, 5.74) is 1.87. The first-order chi connectivity index (χ1) is 11.8. The van der Waals surface area contributed by atoms with E-state index in [1.54, 1.807) is 12.2 Å². The predicted octanol–water partition coefficient (Wildman–Crippen LogP) is 5.70. The Morgan fingerprint density at radius 2 is 1.64 bits per heavy atom. The Hall–Kier alpha value is -2.10. The molecule has 2 rings (SSSR count). The molecule has 0 fully saturated rings. The topological polar surface area (TPSA) is 26.3 Å². The molecule has 0 saturated carbocycles. The molecule has 0 atom stereocenters. The van der Waals surface area contributed by atoms with Crippen LogP contribution in [0.3, 0.4) is 0 Å². The lowest BCUT2D eigenvalue weighted by atomic mass is 10.2. The van der Waals surface area contributed by atoms with E-state index in [9.17, 15) is 4.79 Å². The highest BCUT2D eigenvalue weighted by molar-refractivity contribution is 7.80. The van der Waals surface area contributed by atoms with Crippen LogP contribution >= 0.6 is 12.6 Å². The Kier molecular flexibility index (Phi) is 8.96. The molecule has 2 aromatic carbocycles. The van der Waals surface area contributed by atoms with Gasteiger partial charge in [-0.05, 0) is 50.1 Å². The van der Waals surface area contributed by atoms with E-state index in [2.05, 4.69) is 19.2 Å². The molecule has 0 bridgehead atoms. The largest absolute Gasteiger partial charge is 0.368 e. The summed E-state index contributed by atoms with van der Waals surface area (Å²) in [7, 11) is 0. The maximum atomic E-state index is 11.5. The van der Waals surface area contributed by atoms with E-state index in [1.807, 2.05) is 81.4 Å². The zero-order valence-corrected chi connectivity index (χ0v) is 16.0. The Bertz CT molecular complexity index is 680. The van der Waals surface area contributed by atoms with Gasteiger partial charge in [-0.2, -0.15) is 0 Å². The molecule has 0 saturated heterocycles. The van der Waals surface area contributed by atoms with E-state index in [0.29, 0.717) is 0 Å². The van der Waals surface area contributed by atoms with Crippen molar-refractivity contribution < 1.29 is 9.53 Å². The van der Waals surface area contributed by atoms with Crippen LogP contribution in [0.25, 0.3) is 12.2 Å². The highest BCUT2D eigenvalue weighted by Crippen LogP contribution is 2.10. The van der Waals surface area contributed by atoms with Crippen LogP contribution in [0.1, 0.15) is 31.9 Å². The molecular weight excluding hydrogens is 328 g/mol. The van der Waals surface area contributed by atoms with E-state index >= 15 is 0 Å². The SMILES string of the molecule is C=Cc1ccccc1.CC(C)(C)OCC(=O)/C=C/c1ccc(S)cc1. The number of ether oxygens (including phenoxy) is 1. The van der Waals surface area contributed by atoms with Crippen molar-refractivity contribution in [1.82, 2.24) is 0 Å². The van der Waals surface area contributed by atoms with Gasteiger partial charge >= 0.3 is 0 Å². The number of carbonyl (C=O) groups is 1. The molecule has 0 spiro atoms. The molecule has 0 heterocycles. The first kappa shape index (κ1) is 20.9. The van der Waals surface area contributed by atoms with Gasteiger partial charge in [0.15, 0.2) is 5.78 Å². The minimum Gasteiger partial charge on any atom is -0.368 e. The third-order valence-corrected chi connectivity index (χ3v) is 3.34. The number of rotatable bonds is 5. The van der Waals surface area contributed by atoms with E-state index < -0.39 is 0 Å². The van der Waals surface area contributed by atoms with Gasteiger partial charge in [0.25, 0.3) is 0 Å². The molecular formula is C22H26O2S. The smallest absolute Gasteiger partial charge is 0.181 e. The second-order valence-electron chi connectivity index (χ2n) is 6.41. The van der Waals surface area contributed by atoms with Crippen molar-refractivity contribution in [3.63, 3.8) is 0 Å². The zero-order chi connectivity index (χ0) is 18.7. The minimum atomic E-state index is -0.281. The van der Waals surface area contributed by atoms with Crippen molar-refractivity contribution in [3.8, 4) is 0 Å². The molecule has 0 aliphatic heterocycles. The number of ketones is 1. The second-order valence-corrected chi connectivity index (χ2v) is 6.92. The van der Waals surface area contributed by atoms with E-state index in [4.69, 9.17) is 4.74 Å². The fraction of sp³-hybridized carbons (Fsp3) is 0.227. The van der Waals surface area contributed by atoms with Crippen LogP contribution in [0.4, 0.5) is 0 Å². The summed E-state index contributed by atoms with van der Waals surface area (Å²) in [4.78, 5) is 12.4. The average molecular weight is 355 g/mol. The average Bonchev–Trinajstić information content (AvgIpc) is 2.60. The Balaban J connectivity index is 0.000000324. The van der Waals surface area contributed by atoms with Gasteiger partial charge in [0, 0.05) is 4.90 Å². The van der Waals surface area contributed by atoms with Gasteiger partial charge in [-0.25, -0.2) is 0 Å². The van der Waals surface area contributed by atoms with Crippen molar-refractivity contribution in [1.29, 1.82) is 0 Å². The number of hydrogen-bond acceptors (Lipinski definition) is 3. The van der Waals surface area contributed by atoms with Gasteiger partial charge in [-0.15, -0.1) is 12.6 Å². The maximum Gasteiger partial charge on any atom is 0.181 e. The lowest BCUT2D eigenvalue weighted by Gasteiger charge is -2.18. The molecule has 0 radical (unpaired) electrons. The van der Waals surface area contributed by atoms with Crippen molar-refractivity contribution in [3.05, 3.63) is 78.4 Å². The molecule has 0 unspecified atom stereocenters. The molecule has 2 aromatic rings. The van der Waals surface area contributed by atoms with Crippen LogP contribution in [0, 0.1) is 0 Å². The van der Waals surface area contributed by atoms with Crippen LogP contribution in [-0.2, 0) is 9.53 Å². The van der Waals surface area contributed by atoms with E-state index in [0.717, 1.165) is 10.5 Å². The fourth-order valence-corrected chi connectivity index (χ4v) is 1.85. The molecule has 0 aromatic heterocycles. The molecule has 2 nitrogen and oxygen atoms in total. The molecule has 132 valence electrons. The molecule has 3 heteroatoms. The molecule has 0 amide bonds. The van der Waals surface area contributed by atoms with Crippen molar-refractivity contribution in [2.45, 2.75) is 31.3 Å². The summed E-state index contributed by atoms with van der Waals surface area (Å²) in [5.74, 6) is -0.0325. The molecule has 25 heavy (non-hydrogen) atoms. The molecule has 0 aliphatic rings. The lowest BCUT2D eigenvalue weighted by Crippen LogP contribution is -2.22. The predicted molar refractivity (Wildman–Crippen MR) is 110 cm³/mol. The van der Waals surface area contributed by atoms with Gasteiger partial charge in [0.1, 0.15) is 6.61 Å². The highest BCUT2D eigenvalue weighted by atomic mass is 32.1. The zero-order valence-electron chi connectivity index (χ0n) is 15.1. The first-order valence-electron chi connectivity index (χ1n) is 8.11. The monoisotopic (exact) mass is 354 g/mol. The maximum absolute atomic E-state index is 11.5. The summed E-state index contributed by atoms with van der Waals surface area (Å²) in [6.07, 6.45) is 5.15. The number of carbonyl (C=O) groups excluding carboxylic acids is 1. The number of hydrogen-bond donors (Lipinski definition) is 1.